The van der Waals surface area contributed by atoms with E-state index in [9.17, 15) is 4.79 Å². The summed E-state index contributed by atoms with van der Waals surface area (Å²) in [5, 5.41) is 3.56. The maximum absolute atomic E-state index is 12.2. The van der Waals surface area contributed by atoms with Crippen molar-refractivity contribution in [3.8, 4) is 0 Å². The zero-order valence-electron chi connectivity index (χ0n) is 9.91. The summed E-state index contributed by atoms with van der Waals surface area (Å²) >= 11 is 5.79. The van der Waals surface area contributed by atoms with Crippen molar-refractivity contribution in [2.75, 3.05) is 18.1 Å². The minimum atomic E-state index is -0.0526. The Labute approximate surface area is 111 Å². The normalized spacial score (nSPS) is 10.1. The molecule has 0 saturated heterocycles. The topological polar surface area (TPSA) is 55.1 Å². The number of carbonyl (C=O) groups is 1. The van der Waals surface area contributed by atoms with Gasteiger partial charge in [0.2, 0.25) is 0 Å². The molecule has 0 atom stereocenters. The van der Waals surface area contributed by atoms with Crippen molar-refractivity contribution in [1.29, 1.82) is 0 Å². The van der Waals surface area contributed by atoms with Crippen LogP contribution in [0.2, 0.25) is 5.02 Å². The number of nitrogen functional groups attached to an aromatic ring is 1. The van der Waals surface area contributed by atoms with Gasteiger partial charge in [-0.25, -0.2) is 0 Å². The number of nitrogens with one attached hydrogen (secondary N) is 1. The van der Waals surface area contributed by atoms with E-state index in [2.05, 4.69) is 5.32 Å². The van der Waals surface area contributed by atoms with Crippen LogP contribution in [0.1, 0.15) is 15.9 Å². The fraction of sp³-hybridized carbons (Fsp3) is 0.0714. The number of halogens is 1. The van der Waals surface area contributed by atoms with Crippen molar-refractivity contribution in [2.45, 2.75) is 0 Å². The third-order valence-corrected chi connectivity index (χ3v) is 2.94. The van der Waals surface area contributed by atoms with Crippen LogP contribution in [0.4, 0.5) is 11.4 Å². The Morgan fingerprint density at radius 2 is 1.72 bits per heavy atom. The van der Waals surface area contributed by atoms with Crippen LogP contribution in [0, 0.1) is 0 Å². The molecular formula is C14H13ClN2O. The molecule has 0 spiro atoms. The second-order valence-corrected chi connectivity index (χ2v) is 4.32. The summed E-state index contributed by atoms with van der Waals surface area (Å²) in [4.78, 5) is 12.2. The molecule has 0 fully saturated rings. The van der Waals surface area contributed by atoms with Crippen molar-refractivity contribution in [1.82, 2.24) is 0 Å². The molecule has 0 aromatic heterocycles. The van der Waals surface area contributed by atoms with E-state index >= 15 is 0 Å². The van der Waals surface area contributed by atoms with Gasteiger partial charge in [0, 0.05) is 23.2 Å². The molecule has 0 aliphatic carbocycles. The van der Waals surface area contributed by atoms with Crippen LogP contribution in [0.3, 0.4) is 0 Å². The molecule has 0 unspecified atom stereocenters. The number of ketones is 1. The summed E-state index contributed by atoms with van der Waals surface area (Å²) in [5.41, 5.74) is 8.32. The molecule has 2 aromatic rings. The molecular weight excluding hydrogens is 248 g/mol. The predicted molar refractivity (Wildman–Crippen MR) is 75.3 cm³/mol. The number of rotatable bonds is 3. The summed E-state index contributed by atoms with van der Waals surface area (Å²) in [6.45, 7) is 0. The first-order valence-electron chi connectivity index (χ1n) is 5.49. The van der Waals surface area contributed by atoms with E-state index in [1.165, 1.54) is 0 Å². The Morgan fingerprint density at radius 3 is 2.33 bits per heavy atom. The molecule has 3 N–H and O–H groups in total. The molecule has 0 aliphatic heterocycles. The van der Waals surface area contributed by atoms with E-state index in [0.29, 0.717) is 21.8 Å². The molecule has 4 heteroatoms. The average molecular weight is 261 g/mol. The molecule has 0 heterocycles. The van der Waals surface area contributed by atoms with Crippen LogP contribution < -0.4 is 11.1 Å². The first kappa shape index (κ1) is 12.5. The molecule has 0 aliphatic rings. The molecule has 0 radical (unpaired) electrons. The number of hydrogen-bond donors (Lipinski definition) is 2. The van der Waals surface area contributed by atoms with Crippen LogP contribution in [-0.4, -0.2) is 12.8 Å². The molecule has 2 aromatic carbocycles. The summed E-state index contributed by atoms with van der Waals surface area (Å²) in [6.07, 6.45) is 0. The smallest absolute Gasteiger partial charge is 0.193 e. The van der Waals surface area contributed by atoms with Gasteiger partial charge in [0.05, 0.1) is 11.4 Å². The lowest BCUT2D eigenvalue weighted by Gasteiger charge is -2.07. The minimum absolute atomic E-state index is 0.0526. The SMILES string of the molecule is CNc1cc(C(=O)c2ccc(Cl)cc2)ccc1N. The highest BCUT2D eigenvalue weighted by atomic mass is 35.5. The lowest BCUT2D eigenvalue weighted by atomic mass is 10.0. The van der Waals surface area contributed by atoms with E-state index in [4.69, 9.17) is 17.3 Å². The molecule has 2 rings (SSSR count). The van der Waals surface area contributed by atoms with Crippen molar-refractivity contribution < 1.29 is 4.79 Å². The molecule has 0 bridgehead atoms. The Balaban J connectivity index is 2.37. The van der Waals surface area contributed by atoms with E-state index in [1.54, 1.807) is 49.5 Å². The molecule has 18 heavy (non-hydrogen) atoms. The van der Waals surface area contributed by atoms with Crippen molar-refractivity contribution in [2.24, 2.45) is 0 Å². The van der Waals surface area contributed by atoms with Gasteiger partial charge < -0.3 is 11.1 Å². The third-order valence-electron chi connectivity index (χ3n) is 2.69. The number of hydrogen-bond acceptors (Lipinski definition) is 3. The van der Waals surface area contributed by atoms with E-state index < -0.39 is 0 Å². The third kappa shape index (κ3) is 2.46. The van der Waals surface area contributed by atoms with Gasteiger partial charge in [-0.3, -0.25) is 4.79 Å². The summed E-state index contributed by atoms with van der Waals surface area (Å²) in [7, 11) is 1.77. The highest BCUT2D eigenvalue weighted by Gasteiger charge is 2.10. The zero-order chi connectivity index (χ0) is 13.1. The van der Waals surface area contributed by atoms with Crippen molar-refractivity contribution >= 4 is 28.8 Å². The Bertz CT molecular complexity index is 579. The Morgan fingerprint density at radius 1 is 1.11 bits per heavy atom. The highest BCUT2D eigenvalue weighted by Crippen LogP contribution is 2.21. The molecule has 92 valence electrons. The van der Waals surface area contributed by atoms with Crippen LogP contribution in [-0.2, 0) is 0 Å². The van der Waals surface area contributed by atoms with Crippen LogP contribution in [0.25, 0.3) is 0 Å². The quantitative estimate of drug-likeness (QED) is 0.658. The largest absolute Gasteiger partial charge is 0.397 e. The molecule has 0 saturated carbocycles. The van der Waals surface area contributed by atoms with Gasteiger partial charge in [0.25, 0.3) is 0 Å². The lowest BCUT2D eigenvalue weighted by molar-refractivity contribution is 0.103. The van der Waals surface area contributed by atoms with Gasteiger partial charge >= 0.3 is 0 Å². The first-order chi connectivity index (χ1) is 8.61. The Hall–Kier alpha value is -2.00. The summed E-state index contributed by atoms with van der Waals surface area (Å²) in [6, 6.07) is 12.0. The van der Waals surface area contributed by atoms with Gasteiger partial charge in [-0.2, -0.15) is 0 Å². The average Bonchev–Trinajstić information content (AvgIpc) is 2.39. The molecule has 3 nitrogen and oxygen atoms in total. The first-order valence-corrected chi connectivity index (χ1v) is 5.87. The van der Waals surface area contributed by atoms with E-state index in [0.717, 1.165) is 5.69 Å². The second-order valence-electron chi connectivity index (χ2n) is 3.89. The summed E-state index contributed by atoms with van der Waals surface area (Å²) < 4.78 is 0. The molecule has 0 amide bonds. The fourth-order valence-electron chi connectivity index (χ4n) is 1.68. The summed E-state index contributed by atoms with van der Waals surface area (Å²) in [5.74, 6) is -0.0526. The van der Waals surface area contributed by atoms with Crippen LogP contribution >= 0.6 is 11.6 Å². The predicted octanol–water partition coefficient (Wildman–Crippen LogP) is 3.19. The zero-order valence-corrected chi connectivity index (χ0v) is 10.7. The number of benzene rings is 2. The van der Waals surface area contributed by atoms with E-state index in [-0.39, 0.29) is 5.78 Å². The van der Waals surface area contributed by atoms with Crippen LogP contribution in [0.15, 0.2) is 42.5 Å². The van der Waals surface area contributed by atoms with Gasteiger partial charge in [-0.05, 0) is 42.5 Å². The van der Waals surface area contributed by atoms with E-state index in [1.807, 2.05) is 0 Å². The number of nitrogens with two attached hydrogens (primary N) is 1. The van der Waals surface area contributed by atoms with Gasteiger partial charge in [-0.15, -0.1) is 0 Å². The standard InChI is InChI=1S/C14H13ClN2O/c1-17-13-8-10(4-7-12(13)16)14(18)9-2-5-11(15)6-3-9/h2-8,17H,16H2,1H3. The highest BCUT2D eigenvalue weighted by molar-refractivity contribution is 6.30. The number of anilines is 2. The minimum Gasteiger partial charge on any atom is -0.397 e. The van der Waals surface area contributed by atoms with Gasteiger partial charge in [0.1, 0.15) is 0 Å². The maximum Gasteiger partial charge on any atom is 0.193 e. The number of carbonyl (C=O) groups excluding carboxylic acids is 1. The van der Waals surface area contributed by atoms with Gasteiger partial charge in [0.15, 0.2) is 5.78 Å². The lowest BCUT2D eigenvalue weighted by Crippen LogP contribution is -2.03. The fourth-order valence-corrected chi connectivity index (χ4v) is 1.81. The van der Waals surface area contributed by atoms with Crippen molar-refractivity contribution in [3.63, 3.8) is 0 Å². The van der Waals surface area contributed by atoms with Crippen LogP contribution in [0.5, 0.6) is 0 Å². The monoisotopic (exact) mass is 260 g/mol. The maximum atomic E-state index is 12.2. The van der Waals surface area contributed by atoms with Crippen molar-refractivity contribution in [3.05, 3.63) is 58.6 Å². The van der Waals surface area contributed by atoms with Gasteiger partial charge in [-0.1, -0.05) is 11.6 Å². The Kier molecular flexibility index (Phi) is 3.53. The second kappa shape index (κ2) is 5.10.